The Morgan fingerprint density at radius 2 is 2.06 bits per heavy atom. The molecule has 18 heavy (non-hydrogen) atoms. The molecule has 0 bridgehead atoms. The summed E-state index contributed by atoms with van der Waals surface area (Å²) in [4.78, 5) is 11.1. The van der Waals surface area contributed by atoms with E-state index in [1.165, 1.54) is 0 Å². The molecule has 0 saturated carbocycles. The third-order valence-corrected chi connectivity index (χ3v) is 3.43. The van der Waals surface area contributed by atoms with Crippen molar-refractivity contribution in [2.45, 2.75) is 32.9 Å². The maximum Gasteiger partial charge on any atom is 0.320 e. The van der Waals surface area contributed by atoms with E-state index in [0.29, 0.717) is 28.9 Å². The van der Waals surface area contributed by atoms with Gasteiger partial charge in [-0.25, -0.2) is 0 Å². The summed E-state index contributed by atoms with van der Waals surface area (Å²) in [5.41, 5.74) is 0.805. The van der Waals surface area contributed by atoms with E-state index in [1.807, 2.05) is 19.9 Å². The number of hydrogen-bond acceptors (Lipinski definition) is 2. The number of carboxylic acid groups (broad SMARTS) is 1. The molecule has 0 aliphatic carbocycles. The van der Waals surface area contributed by atoms with Crippen LogP contribution in [0, 0.1) is 5.92 Å². The number of aliphatic carboxylic acids is 1. The molecule has 0 aromatic heterocycles. The molecule has 0 saturated heterocycles. The van der Waals surface area contributed by atoms with Gasteiger partial charge in [0.25, 0.3) is 0 Å². The first kappa shape index (κ1) is 15.3. The molecule has 5 heteroatoms. The second kappa shape index (κ2) is 6.98. The number of halogens is 2. The molecule has 0 radical (unpaired) electrons. The summed E-state index contributed by atoms with van der Waals surface area (Å²) in [6.07, 6.45) is 0.577. The highest BCUT2D eigenvalue weighted by molar-refractivity contribution is 6.42. The monoisotopic (exact) mass is 289 g/mol. The fourth-order valence-corrected chi connectivity index (χ4v) is 2.05. The third kappa shape index (κ3) is 4.48. The number of rotatable bonds is 6. The molecule has 0 aliphatic heterocycles. The summed E-state index contributed by atoms with van der Waals surface area (Å²) in [6.45, 7) is 4.37. The lowest BCUT2D eigenvalue weighted by Crippen LogP contribution is -2.37. The van der Waals surface area contributed by atoms with E-state index in [9.17, 15) is 4.79 Å². The van der Waals surface area contributed by atoms with Crippen LogP contribution in [0.3, 0.4) is 0 Å². The third-order valence-electron chi connectivity index (χ3n) is 2.58. The molecule has 0 amide bonds. The van der Waals surface area contributed by atoms with E-state index in [2.05, 4.69) is 5.32 Å². The standard InChI is InChI=1S/C13H17Cl2NO2/c1-8(2)6-11(13(17)18)16-7-9-4-3-5-10(14)12(9)15/h3-5,8,11,16H,6-7H2,1-2H3,(H,17,18). The zero-order valence-corrected chi connectivity index (χ0v) is 11.9. The van der Waals surface area contributed by atoms with E-state index >= 15 is 0 Å². The Labute approximate surface area is 117 Å². The molecule has 1 rings (SSSR count). The predicted octanol–water partition coefficient (Wildman–Crippen LogP) is 3.58. The van der Waals surface area contributed by atoms with Crippen molar-refractivity contribution < 1.29 is 9.90 Å². The second-order valence-corrected chi connectivity index (χ2v) is 5.40. The molecule has 0 fully saturated rings. The Morgan fingerprint density at radius 3 is 2.61 bits per heavy atom. The highest BCUT2D eigenvalue weighted by Crippen LogP contribution is 2.25. The van der Waals surface area contributed by atoms with Crippen molar-refractivity contribution in [3.05, 3.63) is 33.8 Å². The molecule has 0 aliphatic rings. The number of nitrogens with one attached hydrogen (secondary N) is 1. The largest absolute Gasteiger partial charge is 0.480 e. The van der Waals surface area contributed by atoms with Gasteiger partial charge in [0.15, 0.2) is 0 Å². The maximum absolute atomic E-state index is 11.1. The first-order chi connectivity index (χ1) is 8.41. The van der Waals surface area contributed by atoms with Gasteiger partial charge in [-0.15, -0.1) is 0 Å². The van der Waals surface area contributed by atoms with E-state index in [-0.39, 0.29) is 0 Å². The van der Waals surface area contributed by atoms with Gasteiger partial charge in [0.1, 0.15) is 6.04 Å². The van der Waals surface area contributed by atoms with Crippen molar-refractivity contribution in [1.82, 2.24) is 5.32 Å². The average Bonchev–Trinajstić information content (AvgIpc) is 2.28. The van der Waals surface area contributed by atoms with Crippen LogP contribution < -0.4 is 5.32 Å². The van der Waals surface area contributed by atoms with E-state index in [0.717, 1.165) is 5.56 Å². The average molecular weight is 290 g/mol. The summed E-state index contributed by atoms with van der Waals surface area (Å²) >= 11 is 11.9. The van der Waals surface area contributed by atoms with Crippen LogP contribution in [-0.4, -0.2) is 17.1 Å². The highest BCUT2D eigenvalue weighted by Gasteiger charge is 2.18. The fraction of sp³-hybridized carbons (Fsp3) is 0.462. The Hall–Kier alpha value is -0.770. The molecule has 1 atom stereocenters. The Morgan fingerprint density at radius 1 is 1.39 bits per heavy atom. The van der Waals surface area contributed by atoms with Crippen LogP contribution in [0.4, 0.5) is 0 Å². The summed E-state index contributed by atoms with van der Waals surface area (Å²) in [5, 5.41) is 13.0. The van der Waals surface area contributed by atoms with Crippen molar-refractivity contribution >= 4 is 29.2 Å². The lowest BCUT2D eigenvalue weighted by atomic mass is 10.0. The van der Waals surface area contributed by atoms with Crippen molar-refractivity contribution in [1.29, 1.82) is 0 Å². The van der Waals surface area contributed by atoms with Crippen LogP contribution in [0.25, 0.3) is 0 Å². The van der Waals surface area contributed by atoms with Gasteiger partial charge in [-0.2, -0.15) is 0 Å². The molecular weight excluding hydrogens is 273 g/mol. The van der Waals surface area contributed by atoms with Gasteiger partial charge in [0.05, 0.1) is 10.0 Å². The molecule has 0 spiro atoms. The summed E-state index contributed by atoms with van der Waals surface area (Å²) < 4.78 is 0. The van der Waals surface area contributed by atoms with Crippen molar-refractivity contribution in [2.24, 2.45) is 5.92 Å². The highest BCUT2D eigenvalue weighted by atomic mass is 35.5. The molecule has 1 unspecified atom stereocenters. The number of hydrogen-bond donors (Lipinski definition) is 2. The molecule has 100 valence electrons. The van der Waals surface area contributed by atoms with Crippen molar-refractivity contribution in [2.75, 3.05) is 0 Å². The molecule has 1 aromatic carbocycles. The van der Waals surface area contributed by atoms with Crippen LogP contribution in [-0.2, 0) is 11.3 Å². The minimum absolute atomic E-state index is 0.313. The van der Waals surface area contributed by atoms with Crippen molar-refractivity contribution in [3.8, 4) is 0 Å². The fourth-order valence-electron chi connectivity index (χ4n) is 1.66. The lowest BCUT2D eigenvalue weighted by molar-refractivity contribution is -0.140. The summed E-state index contributed by atoms with van der Waals surface area (Å²) in [5.74, 6) is -0.532. The normalized spacial score (nSPS) is 12.7. The van der Waals surface area contributed by atoms with Crippen LogP contribution in [0.2, 0.25) is 10.0 Å². The van der Waals surface area contributed by atoms with E-state index in [4.69, 9.17) is 28.3 Å². The van der Waals surface area contributed by atoms with Gasteiger partial charge < -0.3 is 10.4 Å². The zero-order valence-electron chi connectivity index (χ0n) is 10.4. The zero-order chi connectivity index (χ0) is 13.7. The first-order valence-corrected chi connectivity index (χ1v) is 6.56. The number of carbonyl (C=O) groups is 1. The van der Waals surface area contributed by atoms with E-state index in [1.54, 1.807) is 12.1 Å². The second-order valence-electron chi connectivity index (χ2n) is 4.61. The van der Waals surface area contributed by atoms with Gasteiger partial charge in [-0.3, -0.25) is 4.79 Å². The van der Waals surface area contributed by atoms with Gasteiger partial charge in [0.2, 0.25) is 0 Å². The van der Waals surface area contributed by atoms with Gasteiger partial charge in [-0.05, 0) is 24.0 Å². The molecular formula is C13H17Cl2NO2. The van der Waals surface area contributed by atoms with Gasteiger partial charge >= 0.3 is 5.97 Å². The first-order valence-electron chi connectivity index (χ1n) is 5.81. The quantitative estimate of drug-likeness (QED) is 0.842. The van der Waals surface area contributed by atoms with Crippen LogP contribution >= 0.6 is 23.2 Å². The lowest BCUT2D eigenvalue weighted by Gasteiger charge is -2.17. The minimum atomic E-state index is -0.846. The summed E-state index contributed by atoms with van der Waals surface area (Å²) in [7, 11) is 0. The molecule has 3 nitrogen and oxygen atoms in total. The van der Waals surface area contributed by atoms with Crippen molar-refractivity contribution in [3.63, 3.8) is 0 Å². The SMILES string of the molecule is CC(C)CC(NCc1cccc(Cl)c1Cl)C(=O)O. The number of benzene rings is 1. The smallest absolute Gasteiger partial charge is 0.320 e. The van der Waals surface area contributed by atoms with Crippen LogP contribution in [0.15, 0.2) is 18.2 Å². The molecule has 0 heterocycles. The number of carboxylic acids is 1. The van der Waals surface area contributed by atoms with Gasteiger partial charge in [0, 0.05) is 6.54 Å². The van der Waals surface area contributed by atoms with Gasteiger partial charge in [-0.1, -0.05) is 49.2 Å². The topological polar surface area (TPSA) is 49.3 Å². The summed E-state index contributed by atoms with van der Waals surface area (Å²) in [6, 6.07) is 4.76. The minimum Gasteiger partial charge on any atom is -0.480 e. The Bertz CT molecular complexity index is 421. The molecule has 2 N–H and O–H groups in total. The van der Waals surface area contributed by atoms with E-state index < -0.39 is 12.0 Å². The predicted molar refractivity (Wildman–Crippen MR) is 74.2 cm³/mol. The molecule has 1 aromatic rings. The maximum atomic E-state index is 11.1. The van der Waals surface area contributed by atoms with Crippen LogP contribution in [0.1, 0.15) is 25.8 Å². The Kier molecular flexibility index (Phi) is 5.93. The van der Waals surface area contributed by atoms with Crippen LogP contribution in [0.5, 0.6) is 0 Å². The Balaban J connectivity index is 2.67.